The number of aromatic nitrogens is 2. The number of aryl methyl sites for hydroxylation is 1. The second-order valence-corrected chi connectivity index (χ2v) is 6.32. The van der Waals surface area contributed by atoms with Gasteiger partial charge >= 0.3 is 0 Å². The zero-order chi connectivity index (χ0) is 16.7. The minimum atomic E-state index is 0.0155. The van der Waals surface area contributed by atoms with Crippen molar-refractivity contribution in [1.82, 2.24) is 14.9 Å². The molecule has 0 atom stereocenters. The summed E-state index contributed by atoms with van der Waals surface area (Å²) in [6, 6.07) is 0. The molecule has 0 radical (unpaired) electrons. The third-order valence-electron chi connectivity index (χ3n) is 4.58. The SMILES string of the molecule is CCCCCCc1c(C)nc(N2CCN(CCO)CC2)[nH]c1=O. The van der Waals surface area contributed by atoms with Crippen LogP contribution in [0.3, 0.4) is 0 Å². The maximum atomic E-state index is 12.4. The first-order valence-electron chi connectivity index (χ1n) is 8.83. The first kappa shape index (κ1) is 17.9. The van der Waals surface area contributed by atoms with Gasteiger partial charge in [-0.25, -0.2) is 4.98 Å². The lowest BCUT2D eigenvalue weighted by molar-refractivity contribution is 0.188. The molecule has 2 heterocycles. The maximum absolute atomic E-state index is 12.4. The van der Waals surface area contributed by atoms with Crippen molar-refractivity contribution in [3.05, 3.63) is 21.6 Å². The number of hydrogen-bond acceptors (Lipinski definition) is 5. The third kappa shape index (κ3) is 5.04. The van der Waals surface area contributed by atoms with Crippen molar-refractivity contribution in [3.63, 3.8) is 0 Å². The van der Waals surface area contributed by atoms with E-state index < -0.39 is 0 Å². The number of aromatic amines is 1. The summed E-state index contributed by atoms with van der Waals surface area (Å²) < 4.78 is 0. The molecule has 0 saturated carbocycles. The fourth-order valence-corrected chi connectivity index (χ4v) is 3.09. The Bertz CT molecular complexity index is 536. The molecule has 6 nitrogen and oxygen atoms in total. The smallest absolute Gasteiger partial charge is 0.255 e. The first-order chi connectivity index (χ1) is 11.2. The number of nitrogens with zero attached hydrogens (tertiary/aromatic N) is 3. The van der Waals surface area contributed by atoms with E-state index in [-0.39, 0.29) is 12.2 Å². The van der Waals surface area contributed by atoms with Crippen molar-refractivity contribution in [1.29, 1.82) is 0 Å². The molecule has 0 spiro atoms. The second kappa shape index (κ2) is 9.03. The van der Waals surface area contributed by atoms with Gasteiger partial charge in [-0.05, 0) is 19.8 Å². The predicted molar refractivity (Wildman–Crippen MR) is 93.2 cm³/mol. The summed E-state index contributed by atoms with van der Waals surface area (Å²) in [6.45, 7) is 8.49. The summed E-state index contributed by atoms with van der Waals surface area (Å²) in [6.07, 6.45) is 5.47. The van der Waals surface area contributed by atoms with Gasteiger partial charge in [-0.3, -0.25) is 14.7 Å². The molecule has 2 N–H and O–H groups in total. The number of piperazine rings is 1. The summed E-state index contributed by atoms with van der Waals surface area (Å²) in [5, 5.41) is 8.99. The lowest BCUT2D eigenvalue weighted by Gasteiger charge is -2.34. The monoisotopic (exact) mass is 322 g/mol. The van der Waals surface area contributed by atoms with Gasteiger partial charge in [0.1, 0.15) is 0 Å². The van der Waals surface area contributed by atoms with Gasteiger partial charge < -0.3 is 10.0 Å². The quantitative estimate of drug-likeness (QED) is 0.706. The Kier molecular flexibility index (Phi) is 7.05. The third-order valence-corrected chi connectivity index (χ3v) is 4.58. The van der Waals surface area contributed by atoms with Crippen LogP contribution in [0.5, 0.6) is 0 Å². The number of rotatable bonds is 8. The van der Waals surface area contributed by atoms with Crippen LogP contribution in [-0.2, 0) is 6.42 Å². The molecule has 130 valence electrons. The standard InChI is InChI=1S/C17H30N4O2/c1-3-4-5-6-7-15-14(2)18-17(19-16(15)23)21-10-8-20(9-11-21)12-13-22/h22H,3-13H2,1-2H3,(H,18,19,23). The normalized spacial score (nSPS) is 16.0. The maximum Gasteiger partial charge on any atom is 0.255 e. The van der Waals surface area contributed by atoms with Gasteiger partial charge in [0.05, 0.1) is 6.61 Å². The molecule has 0 aromatic carbocycles. The van der Waals surface area contributed by atoms with Crippen LogP contribution in [0, 0.1) is 6.92 Å². The molecule has 23 heavy (non-hydrogen) atoms. The molecular weight excluding hydrogens is 292 g/mol. The molecule has 1 aliphatic rings. The van der Waals surface area contributed by atoms with E-state index in [4.69, 9.17) is 5.11 Å². The van der Waals surface area contributed by atoms with Gasteiger partial charge in [-0.2, -0.15) is 0 Å². The van der Waals surface area contributed by atoms with Crippen LogP contribution >= 0.6 is 0 Å². The van der Waals surface area contributed by atoms with Crippen LogP contribution in [0.2, 0.25) is 0 Å². The summed E-state index contributed by atoms with van der Waals surface area (Å²) in [4.78, 5) is 24.3. The van der Waals surface area contributed by atoms with E-state index in [0.717, 1.165) is 50.3 Å². The molecule has 1 aliphatic heterocycles. The molecule has 2 rings (SSSR count). The van der Waals surface area contributed by atoms with Gasteiger partial charge in [0.15, 0.2) is 0 Å². The highest BCUT2D eigenvalue weighted by atomic mass is 16.3. The van der Waals surface area contributed by atoms with Crippen LogP contribution in [0.4, 0.5) is 5.95 Å². The Morgan fingerprint density at radius 1 is 1.17 bits per heavy atom. The van der Waals surface area contributed by atoms with Crippen molar-refractivity contribution in [3.8, 4) is 0 Å². The highest BCUT2D eigenvalue weighted by Gasteiger charge is 2.19. The van der Waals surface area contributed by atoms with Gasteiger partial charge in [0.2, 0.25) is 5.95 Å². The average Bonchev–Trinajstić information content (AvgIpc) is 2.54. The number of hydrogen-bond donors (Lipinski definition) is 2. The molecule has 0 bridgehead atoms. The van der Waals surface area contributed by atoms with Gasteiger partial charge in [-0.15, -0.1) is 0 Å². The van der Waals surface area contributed by atoms with E-state index in [0.29, 0.717) is 12.5 Å². The van der Waals surface area contributed by atoms with E-state index in [1.165, 1.54) is 19.3 Å². The van der Waals surface area contributed by atoms with E-state index in [9.17, 15) is 4.79 Å². The lowest BCUT2D eigenvalue weighted by Crippen LogP contribution is -2.48. The van der Waals surface area contributed by atoms with Crippen LogP contribution < -0.4 is 10.5 Å². The molecule has 0 unspecified atom stereocenters. The zero-order valence-electron chi connectivity index (χ0n) is 14.5. The number of H-pyrrole nitrogens is 1. The van der Waals surface area contributed by atoms with Crippen molar-refractivity contribution in [2.24, 2.45) is 0 Å². The summed E-state index contributed by atoms with van der Waals surface area (Å²) in [7, 11) is 0. The van der Waals surface area contributed by atoms with Crippen LogP contribution in [-0.4, -0.2) is 59.3 Å². The van der Waals surface area contributed by atoms with Gasteiger partial charge in [-0.1, -0.05) is 26.2 Å². The Morgan fingerprint density at radius 3 is 2.52 bits per heavy atom. The van der Waals surface area contributed by atoms with Crippen molar-refractivity contribution < 1.29 is 5.11 Å². The van der Waals surface area contributed by atoms with Crippen LogP contribution in [0.25, 0.3) is 0 Å². The summed E-state index contributed by atoms with van der Waals surface area (Å²) in [5.74, 6) is 0.688. The van der Waals surface area contributed by atoms with Gasteiger partial charge in [0, 0.05) is 44.0 Å². The van der Waals surface area contributed by atoms with Crippen molar-refractivity contribution in [2.75, 3.05) is 44.2 Å². The minimum absolute atomic E-state index is 0.0155. The number of β-amino-alcohol motifs (C(OH)–C–C–N with tert-alkyl or cyclic N) is 1. The zero-order valence-corrected chi connectivity index (χ0v) is 14.5. The van der Waals surface area contributed by atoms with Crippen LogP contribution in [0.1, 0.15) is 43.9 Å². The lowest BCUT2D eigenvalue weighted by atomic mass is 10.1. The fraction of sp³-hybridized carbons (Fsp3) is 0.765. The molecule has 0 amide bonds. The molecule has 6 heteroatoms. The molecule has 1 saturated heterocycles. The largest absolute Gasteiger partial charge is 0.395 e. The summed E-state index contributed by atoms with van der Waals surface area (Å²) in [5.41, 5.74) is 1.71. The van der Waals surface area contributed by atoms with Crippen LogP contribution in [0.15, 0.2) is 4.79 Å². The topological polar surface area (TPSA) is 72.5 Å². The second-order valence-electron chi connectivity index (χ2n) is 6.32. The van der Waals surface area contributed by atoms with E-state index in [1.807, 2.05) is 6.92 Å². The highest BCUT2D eigenvalue weighted by molar-refractivity contribution is 5.33. The van der Waals surface area contributed by atoms with E-state index >= 15 is 0 Å². The number of unbranched alkanes of at least 4 members (excludes halogenated alkanes) is 3. The van der Waals surface area contributed by atoms with Crippen molar-refractivity contribution >= 4 is 5.95 Å². The molecule has 1 aromatic heterocycles. The van der Waals surface area contributed by atoms with E-state index in [1.54, 1.807) is 0 Å². The Morgan fingerprint density at radius 2 is 1.91 bits per heavy atom. The molecular formula is C17H30N4O2. The molecule has 1 fully saturated rings. The fourth-order valence-electron chi connectivity index (χ4n) is 3.09. The number of anilines is 1. The molecule has 1 aromatic rings. The predicted octanol–water partition coefficient (Wildman–Crippen LogP) is 1.32. The average molecular weight is 322 g/mol. The van der Waals surface area contributed by atoms with Crippen molar-refractivity contribution in [2.45, 2.75) is 46.0 Å². The van der Waals surface area contributed by atoms with E-state index in [2.05, 4.69) is 26.7 Å². The Labute approximate surface area is 138 Å². The number of aliphatic hydroxyl groups is 1. The number of aliphatic hydroxyl groups excluding tert-OH is 1. The highest BCUT2D eigenvalue weighted by Crippen LogP contribution is 2.13. The minimum Gasteiger partial charge on any atom is -0.395 e. The van der Waals surface area contributed by atoms with Gasteiger partial charge in [0.25, 0.3) is 5.56 Å². The number of nitrogens with one attached hydrogen (secondary N) is 1. The first-order valence-corrected chi connectivity index (χ1v) is 8.83. The Hall–Kier alpha value is -1.40. The molecule has 0 aliphatic carbocycles. The summed E-state index contributed by atoms with van der Waals surface area (Å²) >= 11 is 0. The Balaban J connectivity index is 1.98.